The summed E-state index contributed by atoms with van der Waals surface area (Å²) in [6.45, 7) is 3.44. The largest absolute Gasteiger partial charge is 0.328 e. The zero-order chi connectivity index (χ0) is 16.1. The summed E-state index contributed by atoms with van der Waals surface area (Å²) in [4.78, 5) is 14.8. The minimum Gasteiger partial charge on any atom is -0.328 e. The van der Waals surface area contributed by atoms with E-state index in [1.807, 2.05) is 12.1 Å². The number of nitrogens with two attached hydrogens (primary N) is 1. The number of amides is 1. The third-order valence-electron chi connectivity index (χ3n) is 5.17. The molecule has 4 heteroatoms. The first-order chi connectivity index (χ1) is 11.2. The molecular weight excluding hydrogens is 286 g/mol. The van der Waals surface area contributed by atoms with Crippen molar-refractivity contribution in [3.63, 3.8) is 0 Å². The van der Waals surface area contributed by atoms with Crippen LogP contribution in [-0.2, 0) is 11.3 Å². The molecule has 1 saturated heterocycles. The van der Waals surface area contributed by atoms with Crippen LogP contribution in [0.1, 0.15) is 50.5 Å². The fraction of sp³-hybridized carbons (Fsp3) is 0.632. The Morgan fingerprint density at radius 3 is 2.39 bits per heavy atom. The van der Waals surface area contributed by atoms with Gasteiger partial charge in [-0.3, -0.25) is 9.69 Å². The van der Waals surface area contributed by atoms with Crippen LogP contribution in [0.2, 0.25) is 0 Å². The van der Waals surface area contributed by atoms with Crippen molar-refractivity contribution in [2.24, 2.45) is 11.7 Å². The second kappa shape index (κ2) is 7.93. The summed E-state index contributed by atoms with van der Waals surface area (Å²) in [6.07, 6.45) is 8.07. The van der Waals surface area contributed by atoms with Gasteiger partial charge in [0.1, 0.15) is 0 Å². The van der Waals surface area contributed by atoms with Gasteiger partial charge in [0.2, 0.25) is 5.91 Å². The van der Waals surface area contributed by atoms with Crippen molar-refractivity contribution in [2.45, 2.75) is 57.5 Å². The van der Waals surface area contributed by atoms with Crippen molar-refractivity contribution in [2.75, 3.05) is 18.4 Å². The highest BCUT2D eigenvalue weighted by atomic mass is 16.1. The number of benzene rings is 1. The van der Waals surface area contributed by atoms with Crippen LogP contribution < -0.4 is 11.1 Å². The molecule has 4 nitrogen and oxygen atoms in total. The maximum Gasteiger partial charge on any atom is 0.227 e. The molecule has 1 heterocycles. The predicted molar refractivity (Wildman–Crippen MR) is 94.1 cm³/mol. The highest BCUT2D eigenvalue weighted by Crippen LogP contribution is 2.25. The number of carbonyl (C=O) groups is 1. The molecule has 1 saturated carbocycles. The number of anilines is 1. The van der Waals surface area contributed by atoms with Gasteiger partial charge in [-0.05, 0) is 62.9 Å². The molecule has 126 valence electrons. The quantitative estimate of drug-likeness (QED) is 0.897. The average molecular weight is 315 g/mol. The number of rotatable bonds is 4. The van der Waals surface area contributed by atoms with Crippen molar-refractivity contribution in [3.8, 4) is 0 Å². The Labute approximate surface area is 139 Å². The fourth-order valence-corrected chi connectivity index (χ4v) is 3.74. The van der Waals surface area contributed by atoms with Crippen LogP contribution in [0.4, 0.5) is 5.69 Å². The minimum absolute atomic E-state index is 0.0850. The molecule has 2 unspecified atom stereocenters. The summed E-state index contributed by atoms with van der Waals surface area (Å²) < 4.78 is 0. The van der Waals surface area contributed by atoms with E-state index in [4.69, 9.17) is 5.73 Å². The molecular formula is C19H29N3O. The first-order valence-electron chi connectivity index (χ1n) is 9.08. The summed E-state index contributed by atoms with van der Waals surface area (Å²) in [6, 6.07) is 8.53. The predicted octanol–water partition coefficient (Wildman–Crippen LogP) is 3.13. The highest BCUT2D eigenvalue weighted by molar-refractivity contribution is 5.92. The molecule has 1 aliphatic carbocycles. The molecule has 0 aromatic heterocycles. The molecule has 1 aromatic carbocycles. The molecule has 2 atom stereocenters. The second-order valence-corrected chi connectivity index (χ2v) is 7.15. The summed E-state index contributed by atoms with van der Waals surface area (Å²) in [5.74, 6) is 0.208. The van der Waals surface area contributed by atoms with E-state index in [1.165, 1.54) is 44.3 Å². The van der Waals surface area contributed by atoms with Gasteiger partial charge < -0.3 is 11.1 Å². The first-order valence-corrected chi connectivity index (χ1v) is 9.08. The molecule has 0 radical (unpaired) electrons. The number of carbonyl (C=O) groups excluding carboxylic acids is 1. The Balaban J connectivity index is 1.51. The van der Waals surface area contributed by atoms with Crippen LogP contribution in [0.5, 0.6) is 0 Å². The lowest BCUT2D eigenvalue weighted by Gasteiger charge is -2.20. The topological polar surface area (TPSA) is 58.4 Å². The van der Waals surface area contributed by atoms with E-state index >= 15 is 0 Å². The van der Waals surface area contributed by atoms with Gasteiger partial charge in [-0.1, -0.05) is 25.0 Å². The first kappa shape index (κ1) is 16.5. The summed E-state index contributed by atoms with van der Waals surface area (Å²) in [7, 11) is 0. The van der Waals surface area contributed by atoms with Crippen molar-refractivity contribution in [3.05, 3.63) is 29.8 Å². The zero-order valence-electron chi connectivity index (χ0n) is 14.0. The third kappa shape index (κ3) is 4.79. The van der Waals surface area contributed by atoms with Gasteiger partial charge in [0.05, 0.1) is 0 Å². The van der Waals surface area contributed by atoms with E-state index in [-0.39, 0.29) is 17.9 Å². The Bertz CT molecular complexity index is 506. The van der Waals surface area contributed by atoms with E-state index in [9.17, 15) is 4.79 Å². The lowest BCUT2D eigenvalue weighted by atomic mass is 10.1. The van der Waals surface area contributed by atoms with Crippen molar-refractivity contribution >= 4 is 11.6 Å². The number of nitrogens with one attached hydrogen (secondary N) is 1. The molecule has 2 fully saturated rings. The van der Waals surface area contributed by atoms with E-state index in [0.717, 1.165) is 31.5 Å². The van der Waals surface area contributed by atoms with Gasteiger partial charge in [-0.15, -0.1) is 0 Å². The number of likely N-dealkylation sites (tertiary alicyclic amines) is 1. The SMILES string of the molecule is NC1CCC(C(=O)Nc2ccc(CN3CCCCCC3)cc2)C1. The van der Waals surface area contributed by atoms with Crippen LogP contribution >= 0.6 is 0 Å². The van der Waals surface area contributed by atoms with Crippen molar-refractivity contribution in [1.29, 1.82) is 0 Å². The zero-order valence-corrected chi connectivity index (χ0v) is 14.0. The molecule has 23 heavy (non-hydrogen) atoms. The van der Waals surface area contributed by atoms with Crippen molar-refractivity contribution < 1.29 is 4.79 Å². The monoisotopic (exact) mass is 315 g/mol. The third-order valence-corrected chi connectivity index (χ3v) is 5.17. The van der Waals surface area contributed by atoms with Gasteiger partial charge in [0.15, 0.2) is 0 Å². The number of hydrogen-bond acceptors (Lipinski definition) is 3. The molecule has 1 aromatic rings. The number of hydrogen-bond donors (Lipinski definition) is 2. The number of nitrogens with zero attached hydrogens (tertiary/aromatic N) is 1. The van der Waals surface area contributed by atoms with Gasteiger partial charge in [0.25, 0.3) is 0 Å². The van der Waals surface area contributed by atoms with Gasteiger partial charge in [-0.2, -0.15) is 0 Å². The maximum absolute atomic E-state index is 12.2. The van der Waals surface area contributed by atoms with E-state index in [2.05, 4.69) is 22.3 Å². The summed E-state index contributed by atoms with van der Waals surface area (Å²) in [5.41, 5.74) is 8.12. The second-order valence-electron chi connectivity index (χ2n) is 7.15. The Morgan fingerprint density at radius 1 is 1.09 bits per heavy atom. The lowest BCUT2D eigenvalue weighted by molar-refractivity contribution is -0.119. The summed E-state index contributed by atoms with van der Waals surface area (Å²) >= 11 is 0. The molecule has 3 N–H and O–H groups in total. The van der Waals surface area contributed by atoms with E-state index in [1.54, 1.807) is 0 Å². The van der Waals surface area contributed by atoms with E-state index < -0.39 is 0 Å². The Hall–Kier alpha value is -1.39. The van der Waals surface area contributed by atoms with Crippen LogP contribution in [0.3, 0.4) is 0 Å². The van der Waals surface area contributed by atoms with Gasteiger partial charge in [-0.25, -0.2) is 0 Å². The molecule has 0 spiro atoms. The van der Waals surface area contributed by atoms with Crippen LogP contribution in [0.15, 0.2) is 24.3 Å². The molecule has 1 amide bonds. The standard InChI is InChI=1S/C19H29N3O/c20-17-8-7-16(13-17)19(23)21-18-9-5-15(6-10-18)14-22-11-3-1-2-4-12-22/h5-6,9-10,16-17H,1-4,7-8,11-14,20H2,(H,21,23). The lowest BCUT2D eigenvalue weighted by Crippen LogP contribution is -2.24. The van der Waals surface area contributed by atoms with E-state index in [0.29, 0.717) is 0 Å². The minimum atomic E-state index is 0.0850. The van der Waals surface area contributed by atoms with Gasteiger partial charge in [0, 0.05) is 24.2 Å². The molecule has 0 bridgehead atoms. The van der Waals surface area contributed by atoms with Gasteiger partial charge >= 0.3 is 0 Å². The summed E-state index contributed by atoms with van der Waals surface area (Å²) in [5, 5.41) is 3.04. The maximum atomic E-state index is 12.2. The fourth-order valence-electron chi connectivity index (χ4n) is 3.74. The Morgan fingerprint density at radius 2 is 1.78 bits per heavy atom. The normalized spacial score (nSPS) is 26.0. The Kier molecular flexibility index (Phi) is 5.68. The average Bonchev–Trinajstić information content (AvgIpc) is 2.82. The molecule has 2 aliphatic rings. The molecule has 1 aliphatic heterocycles. The van der Waals surface area contributed by atoms with Crippen LogP contribution in [0, 0.1) is 5.92 Å². The van der Waals surface area contributed by atoms with Crippen LogP contribution in [0.25, 0.3) is 0 Å². The highest BCUT2D eigenvalue weighted by Gasteiger charge is 2.27. The van der Waals surface area contributed by atoms with Crippen LogP contribution in [-0.4, -0.2) is 29.9 Å². The smallest absolute Gasteiger partial charge is 0.227 e. The van der Waals surface area contributed by atoms with Crippen molar-refractivity contribution in [1.82, 2.24) is 4.90 Å². The molecule has 3 rings (SSSR count).